The van der Waals surface area contributed by atoms with Crippen LogP contribution in [0.5, 0.6) is 5.75 Å². The molecule has 4 rings (SSSR count). The first kappa shape index (κ1) is 29.3. The van der Waals surface area contributed by atoms with E-state index in [0.717, 1.165) is 19.3 Å². The highest BCUT2D eigenvalue weighted by Crippen LogP contribution is 2.37. The predicted molar refractivity (Wildman–Crippen MR) is 156 cm³/mol. The second-order valence-electron chi connectivity index (χ2n) is 9.21. The summed E-state index contributed by atoms with van der Waals surface area (Å²) in [5, 5.41) is 12.5. The van der Waals surface area contributed by atoms with Gasteiger partial charge in [-0.3, -0.25) is 4.79 Å². The van der Waals surface area contributed by atoms with Gasteiger partial charge < -0.3 is 20.1 Å². The number of unbranched alkanes of at least 4 members (excludes halogenated alkanes) is 1. The number of aryl methyl sites for hydroxylation is 1. The predicted octanol–water partition coefficient (Wildman–Crippen LogP) is 4.94. The highest BCUT2D eigenvalue weighted by atomic mass is 79.9. The molecule has 4 N–H and O–H groups in total. The number of H-pyrrole nitrogens is 1. The molecule has 0 fully saturated rings. The Labute approximate surface area is 241 Å². The molecule has 1 unspecified atom stereocenters. The zero-order chi connectivity index (χ0) is 28.5. The number of sulfonamides is 1. The Hall–Kier alpha value is -3.67. The summed E-state index contributed by atoms with van der Waals surface area (Å²) in [7, 11) is -3.97. The zero-order valence-corrected chi connectivity index (χ0v) is 24.0. The maximum atomic E-state index is 13.3. The van der Waals surface area contributed by atoms with Crippen LogP contribution in [0.1, 0.15) is 36.4 Å². The summed E-state index contributed by atoms with van der Waals surface area (Å²) in [6.07, 6.45) is 4.10. The maximum absolute atomic E-state index is 13.3. The lowest BCUT2D eigenvalue weighted by Gasteiger charge is -2.21. The minimum atomic E-state index is -3.97. The lowest BCUT2D eigenvalue weighted by molar-refractivity contribution is -0.139. The average molecular weight is 629 g/mol. The number of aliphatic carboxylic acids is 1. The van der Waals surface area contributed by atoms with E-state index in [2.05, 4.69) is 43.1 Å². The van der Waals surface area contributed by atoms with E-state index in [4.69, 9.17) is 9.84 Å². The number of aromatic amines is 1. The lowest BCUT2D eigenvalue weighted by Crippen LogP contribution is -2.34. The largest absolute Gasteiger partial charge is 0.480 e. The molecular formula is C29H30BrN3O6S. The summed E-state index contributed by atoms with van der Waals surface area (Å²) in [6, 6.07) is 20.3. The van der Waals surface area contributed by atoms with E-state index in [0.29, 0.717) is 33.2 Å². The Morgan fingerprint density at radius 1 is 0.975 bits per heavy atom. The third-order valence-electron chi connectivity index (χ3n) is 6.31. The SMILES string of the molecule is O=C(O)COc1ccc(C(CC(=O)NCCCCc2ccccc2)NS(=O)(=O)c2ccccc2)c2c(Br)c[nH]c12. The highest BCUT2D eigenvalue weighted by molar-refractivity contribution is 9.10. The molecule has 0 spiro atoms. The number of benzene rings is 3. The highest BCUT2D eigenvalue weighted by Gasteiger charge is 2.27. The van der Waals surface area contributed by atoms with Crippen molar-refractivity contribution in [1.82, 2.24) is 15.0 Å². The van der Waals surface area contributed by atoms with Crippen LogP contribution in [0.4, 0.5) is 0 Å². The number of amides is 1. The van der Waals surface area contributed by atoms with Gasteiger partial charge in [-0.25, -0.2) is 17.9 Å². The molecule has 0 radical (unpaired) electrons. The third kappa shape index (κ3) is 7.71. The van der Waals surface area contributed by atoms with Gasteiger partial charge in [0.2, 0.25) is 15.9 Å². The van der Waals surface area contributed by atoms with E-state index in [-0.39, 0.29) is 17.2 Å². The molecule has 9 nitrogen and oxygen atoms in total. The van der Waals surface area contributed by atoms with Crippen molar-refractivity contribution < 1.29 is 27.9 Å². The van der Waals surface area contributed by atoms with Crippen molar-refractivity contribution in [2.24, 2.45) is 0 Å². The Morgan fingerprint density at radius 2 is 1.68 bits per heavy atom. The number of fused-ring (bicyclic) bond motifs is 1. The lowest BCUT2D eigenvalue weighted by atomic mass is 9.99. The average Bonchev–Trinajstić information content (AvgIpc) is 3.34. The van der Waals surface area contributed by atoms with Crippen molar-refractivity contribution in [3.8, 4) is 5.75 Å². The Balaban J connectivity index is 1.54. The van der Waals surface area contributed by atoms with E-state index in [1.807, 2.05) is 18.2 Å². The summed E-state index contributed by atoms with van der Waals surface area (Å²) < 4.78 is 35.3. The molecule has 210 valence electrons. The molecule has 1 atom stereocenters. The summed E-state index contributed by atoms with van der Waals surface area (Å²) >= 11 is 3.49. The fraction of sp³-hybridized carbons (Fsp3) is 0.241. The fourth-order valence-electron chi connectivity index (χ4n) is 4.41. The van der Waals surface area contributed by atoms with Crippen LogP contribution in [0, 0.1) is 0 Å². The van der Waals surface area contributed by atoms with Crippen molar-refractivity contribution in [2.75, 3.05) is 13.2 Å². The molecule has 0 aliphatic rings. The first-order chi connectivity index (χ1) is 19.2. The number of rotatable bonds is 14. The fourth-order valence-corrected chi connectivity index (χ4v) is 6.19. The monoisotopic (exact) mass is 627 g/mol. The molecule has 1 heterocycles. The molecule has 0 aliphatic heterocycles. The smallest absolute Gasteiger partial charge is 0.341 e. The Morgan fingerprint density at radius 3 is 2.38 bits per heavy atom. The number of hydrogen-bond acceptors (Lipinski definition) is 5. The summed E-state index contributed by atoms with van der Waals surface area (Å²) in [6.45, 7) is -0.0725. The second-order valence-corrected chi connectivity index (χ2v) is 11.8. The number of carboxylic acid groups (broad SMARTS) is 1. The molecule has 4 aromatic rings. The van der Waals surface area contributed by atoms with E-state index in [1.54, 1.807) is 36.5 Å². The van der Waals surface area contributed by atoms with E-state index >= 15 is 0 Å². The maximum Gasteiger partial charge on any atom is 0.341 e. The van der Waals surface area contributed by atoms with Crippen LogP contribution in [0.2, 0.25) is 0 Å². The zero-order valence-electron chi connectivity index (χ0n) is 21.6. The Bertz CT molecular complexity index is 1560. The molecule has 0 bridgehead atoms. The van der Waals surface area contributed by atoms with Gasteiger partial charge in [0, 0.05) is 29.0 Å². The van der Waals surface area contributed by atoms with Crippen molar-refractivity contribution in [2.45, 2.75) is 36.6 Å². The standard InChI is InChI=1S/C29H30BrN3O6S/c30-23-18-32-29-25(39-19-27(35)36)15-14-22(28(23)29)24(33-40(37,38)21-12-5-2-6-13-21)17-26(34)31-16-8-7-11-20-9-3-1-4-10-20/h1-6,9-10,12-15,18,24,32-33H,7-8,11,16-17,19H2,(H,31,34)(H,35,36). The topological polar surface area (TPSA) is 138 Å². The summed E-state index contributed by atoms with van der Waals surface area (Å²) in [5.74, 6) is -1.14. The number of ether oxygens (including phenoxy) is 1. The van der Waals surface area contributed by atoms with Gasteiger partial charge in [0.1, 0.15) is 5.75 Å². The molecule has 11 heteroatoms. The molecule has 1 amide bonds. The number of carboxylic acids is 1. The minimum absolute atomic E-state index is 0.0760. The van der Waals surface area contributed by atoms with Gasteiger partial charge in [0.05, 0.1) is 16.5 Å². The quantitative estimate of drug-likeness (QED) is 0.146. The second kappa shape index (κ2) is 13.6. The van der Waals surface area contributed by atoms with Crippen LogP contribution in [0.3, 0.4) is 0 Å². The van der Waals surface area contributed by atoms with Crippen LogP contribution in [0.25, 0.3) is 10.9 Å². The molecule has 3 aromatic carbocycles. The summed E-state index contributed by atoms with van der Waals surface area (Å²) in [5.41, 5.74) is 2.25. The van der Waals surface area contributed by atoms with Gasteiger partial charge in [-0.15, -0.1) is 0 Å². The van der Waals surface area contributed by atoms with Gasteiger partial charge >= 0.3 is 5.97 Å². The van der Waals surface area contributed by atoms with Gasteiger partial charge in [0.25, 0.3) is 0 Å². The summed E-state index contributed by atoms with van der Waals surface area (Å²) in [4.78, 5) is 27.2. The van der Waals surface area contributed by atoms with Crippen LogP contribution < -0.4 is 14.8 Å². The number of aromatic nitrogens is 1. The van der Waals surface area contributed by atoms with E-state index < -0.39 is 28.6 Å². The van der Waals surface area contributed by atoms with Crippen molar-refractivity contribution in [1.29, 1.82) is 0 Å². The molecule has 0 saturated heterocycles. The first-order valence-corrected chi connectivity index (χ1v) is 15.0. The third-order valence-corrected chi connectivity index (χ3v) is 8.42. The Kier molecular flexibility index (Phi) is 9.97. The number of halogens is 1. The molecule has 40 heavy (non-hydrogen) atoms. The van der Waals surface area contributed by atoms with Crippen molar-refractivity contribution in [3.63, 3.8) is 0 Å². The van der Waals surface area contributed by atoms with Gasteiger partial charge in [-0.05, 0) is 64.5 Å². The number of carbonyl (C=O) groups excluding carboxylic acids is 1. The van der Waals surface area contributed by atoms with Crippen LogP contribution in [-0.4, -0.2) is 43.5 Å². The molecule has 0 aliphatic carbocycles. The molecule has 0 saturated carbocycles. The van der Waals surface area contributed by atoms with E-state index in [9.17, 15) is 18.0 Å². The molecular weight excluding hydrogens is 598 g/mol. The van der Waals surface area contributed by atoms with Crippen LogP contribution >= 0.6 is 15.9 Å². The van der Waals surface area contributed by atoms with Gasteiger partial charge in [-0.1, -0.05) is 54.6 Å². The number of hydrogen-bond donors (Lipinski definition) is 4. The molecule has 1 aromatic heterocycles. The first-order valence-electron chi connectivity index (χ1n) is 12.8. The van der Waals surface area contributed by atoms with Crippen LogP contribution in [-0.2, 0) is 26.0 Å². The normalized spacial score (nSPS) is 12.2. The minimum Gasteiger partial charge on any atom is -0.480 e. The van der Waals surface area contributed by atoms with Crippen LogP contribution in [0.15, 0.2) is 88.4 Å². The van der Waals surface area contributed by atoms with Gasteiger partial charge in [0.15, 0.2) is 6.61 Å². The number of nitrogens with one attached hydrogen (secondary N) is 3. The van der Waals surface area contributed by atoms with E-state index in [1.165, 1.54) is 17.7 Å². The van der Waals surface area contributed by atoms with Crippen molar-refractivity contribution in [3.05, 3.63) is 94.6 Å². The van der Waals surface area contributed by atoms with Crippen molar-refractivity contribution >= 4 is 48.7 Å². The number of carbonyl (C=O) groups is 2. The van der Waals surface area contributed by atoms with Gasteiger partial charge in [-0.2, -0.15) is 0 Å².